The van der Waals surface area contributed by atoms with Gasteiger partial charge in [0.2, 0.25) is 11.8 Å². The predicted molar refractivity (Wildman–Crippen MR) is 211 cm³/mol. The van der Waals surface area contributed by atoms with Crippen molar-refractivity contribution in [1.82, 2.24) is 9.80 Å². The fraction of sp³-hybridized carbons (Fsp3) is 0.283. The van der Waals surface area contributed by atoms with Gasteiger partial charge in [-0.2, -0.15) is 0 Å². The summed E-state index contributed by atoms with van der Waals surface area (Å²) in [5, 5.41) is 12.8. The third-order valence-corrected chi connectivity index (χ3v) is 12.0. The summed E-state index contributed by atoms with van der Waals surface area (Å²) in [6, 6.07) is 35.5. The second-order valence-corrected chi connectivity index (χ2v) is 14.9. The number of benzene rings is 5. The van der Waals surface area contributed by atoms with E-state index in [1.54, 1.807) is 25.2 Å². The number of aliphatic hydroxyl groups is 1. The molecule has 2 fully saturated rings. The summed E-state index contributed by atoms with van der Waals surface area (Å²) in [7, 11) is 3.17. The topological polar surface area (TPSA) is 127 Å². The maximum atomic E-state index is 15.8. The summed E-state index contributed by atoms with van der Waals surface area (Å²) in [4.78, 5) is 50.1. The molecule has 0 unspecified atom stereocenters. The van der Waals surface area contributed by atoms with Gasteiger partial charge in [-0.1, -0.05) is 91.0 Å². The molecule has 11 nitrogen and oxygen atoms in total. The van der Waals surface area contributed by atoms with Gasteiger partial charge in [0.15, 0.2) is 11.5 Å². The third kappa shape index (κ3) is 5.83. The van der Waals surface area contributed by atoms with Crippen LogP contribution in [0.25, 0.3) is 0 Å². The molecule has 2 N–H and O–H groups in total. The van der Waals surface area contributed by atoms with Crippen molar-refractivity contribution in [2.45, 2.75) is 42.6 Å². The van der Waals surface area contributed by atoms with Crippen molar-refractivity contribution < 1.29 is 38.4 Å². The molecule has 2 saturated heterocycles. The zero-order chi connectivity index (χ0) is 39.3. The fourth-order valence-electron chi connectivity index (χ4n) is 9.74. The monoisotopic (exact) mass is 765 g/mol. The number of cyclic esters (lactones) is 1. The Morgan fingerprint density at radius 3 is 2.19 bits per heavy atom. The van der Waals surface area contributed by atoms with Gasteiger partial charge in [-0.15, -0.1) is 0 Å². The number of rotatable bonds is 9. The Balaban J connectivity index is 1.29. The molecule has 9 rings (SSSR count). The summed E-state index contributed by atoms with van der Waals surface area (Å²) in [5.41, 5.74) is 3.89. The van der Waals surface area contributed by atoms with E-state index in [9.17, 15) is 5.11 Å². The molecule has 57 heavy (non-hydrogen) atoms. The molecule has 5 aromatic carbocycles. The highest BCUT2D eigenvalue weighted by Gasteiger charge is 2.74. The molecular formula is C46H43N3O8. The standard InChI is InChI=1S/C46H43N3O8/c1-54-36-25-30-20-21-48(27-32(30)26-37(36)55-2)43(51)38-40-44(52)57-41(29-14-7-4-8-15-29)39(28-12-5-3-6-13-28)49(40)42(31-16-11-17-33(24-31)56-23-22-50)46(38)34-18-9-10-19-35(34)47-45(46)53/h3-19,24-26,38-42,50H,20-23,27H2,1-2H3,(H,47,53)/t38-,39-,40-,41+,42+,46-/m1/s1. The van der Waals surface area contributed by atoms with E-state index in [1.807, 2.05) is 115 Å². The molecule has 1 spiro atoms. The van der Waals surface area contributed by atoms with Gasteiger partial charge in [-0.05, 0) is 70.1 Å². The number of aliphatic hydroxyl groups excluding tert-OH is 1. The highest BCUT2D eigenvalue weighted by atomic mass is 16.6. The molecule has 2 amide bonds. The SMILES string of the molecule is COc1cc2c(cc1OC)CN(C(=O)[C@H]1[C@@H]3C(=O)O[C@@H](c4ccccc4)[C@@H](c4ccccc4)N3[C@@H](c3cccc(OCCO)c3)[C@]13C(=O)Nc1ccccc13)CC2. The van der Waals surface area contributed by atoms with E-state index in [0.717, 1.165) is 22.3 Å². The minimum atomic E-state index is -1.59. The summed E-state index contributed by atoms with van der Waals surface area (Å²) in [6.45, 7) is 0.494. The summed E-state index contributed by atoms with van der Waals surface area (Å²) < 4.78 is 23.7. The Kier molecular flexibility index (Phi) is 9.42. The van der Waals surface area contributed by atoms with Crippen LogP contribution in [0.1, 0.15) is 51.6 Å². The minimum absolute atomic E-state index is 0.0676. The zero-order valence-electron chi connectivity index (χ0n) is 31.7. The van der Waals surface area contributed by atoms with Gasteiger partial charge in [0.1, 0.15) is 29.9 Å². The van der Waals surface area contributed by atoms with Crippen molar-refractivity contribution in [3.05, 3.63) is 155 Å². The number of nitrogens with zero attached hydrogens (tertiary/aromatic N) is 2. The number of amides is 2. The largest absolute Gasteiger partial charge is 0.493 e. The highest BCUT2D eigenvalue weighted by Crippen LogP contribution is 2.65. The lowest BCUT2D eigenvalue weighted by Gasteiger charge is -2.46. The number of ether oxygens (including phenoxy) is 4. The second kappa shape index (κ2) is 14.7. The minimum Gasteiger partial charge on any atom is -0.493 e. The molecule has 5 aromatic rings. The molecule has 6 atom stereocenters. The first-order chi connectivity index (χ1) is 27.9. The van der Waals surface area contributed by atoms with Gasteiger partial charge in [0, 0.05) is 18.8 Å². The van der Waals surface area contributed by atoms with Gasteiger partial charge in [0.05, 0.1) is 38.8 Å². The first kappa shape index (κ1) is 36.5. The van der Waals surface area contributed by atoms with Gasteiger partial charge >= 0.3 is 5.97 Å². The van der Waals surface area contributed by atoms with Crippen LogP contribution in [0, 0.1) is 5.92 Å². The van der Waals surface area contributed by atoms with Crippen LogP contribution in [0.5, 0.6) is 17.2 Å². The summed E-state index contributed by atoms with van der Waals surface area (Å²) in [6.07, 6.45) is -0.234. The van der Waals surface area contributed by atoms with Crippen LogP contribution in [0.2, 0.25) is 0 Å². The molecule has 0 aliphatic carbocycles. The quantitative estimate of drug-likeness (QED) is 0.176. The van der Waals surface area contributed by atoms with Gasteiger partial charge in [0.25, 0.3) is 0 Å². The number of nitrogens with one attached hydrogen (secondary N) is 1. The number of para-hydroxylation sites is 1. The van der Waals surface area contributed by atoms with Crippen LogP contribution in [0.3, 0.4) is 0 Å². The lowest BCUT2D eigenvalue weighted by Crippen LogP contribution is -2.56. The molecule has 0 saturated carbocycles. The number of carbonyl (C=O) groups excluding carboxylic acids is 3. The third-order valence-electron chi connectivity index (χ3n) is 12.0. The highest BCUT2D eigenvalue weighted by molar-refractivity contribution is 6.12. The number of carbonyl (C=O) groups is 3. The van der Waals surface area contributed by atoms with Crippen LogP contribution in [-0.4, -0.2) is 72.7 Å². The van der Waals surface area contributed by atoms with Crippen molar-refractivity contribution in [2.24, 2.45) is 5.92 Å². The summed E-state index contributed by atoms with van der Waals surface area (Å²) in [5.74, 6) is -0.830. The molecule has 4 aliphatic heterocycles. The Labute approximate surface area is 330 Å². The van der Waals surface area contributed by atoms with Crippen LogP contribution >= 0.6 is 0 Å². The van der Waals surface area contributed by atoms with E-state index in [4.69, 9.17) is 18.9 Å². The molecule has 4 aliphatic rings. The van der Waals surface area contributed by atoms with Crippen molar-refractivity contribution in [3.63, 3.8) is 0 Å². The molecule has 0 bridgehead atoms. The maximum Gasteiger partial charge on any atom is 0.324 e. The number of hydrogen-bond donors (Lipinski definition) is 2. The van der Waals surface area contributed by atoms with Gasteiger partial charge in [-0.25, -0.2) is 0 Å². The number of anilines is 1. The first-order valence-corrected chi connectivity index (χ1v) is 19.2. The second-order valence-electron chi connectivity index (χ2n) is 14.9. The van der Waals surface area contributed by atoms with Crippen molar-refractivity contribution in [1.29, 1.82) is 0 Å². The smallest absolute Gasteiger partial charge is 0.324 e. The van der Waals surface area contributed by atoms with Crippen LogP contribution in [0.4, 0.5) is 5.69 Å². The molecule has 290 valence electrons. The number of methoxy groups -OCH3 is 2. The first-order valence-electron chi connectivity index (χ1n) is 19.2. The van der Waals surface area contributed by atoms with Gasteiger partial charge < -0.3 is 34.3 Å². The predicted octanol–water partition coefficient (Wildman–Crippen LogP) is 5.93. The Morgan fingerprint density at radius 2 is 1.47 bits per heavy atom. The normalized spacial score (nSPS) is 24.9. The van der Waals surface area contributed by atoms with E-state index in [2.05, 4.69) is 10.2 Å². The summed E-state index contributed by atoms with van der Waals surface area (Å²) >= 11 is 0. The van der Waals surface area contributed by atoms with E-state index < -0.39 is 41.5 Å². The van der Waals surface area contributed by atoms with E-state index in [-0.39, 0.29) is 31.6 Å². The average Bonchev–Trinajstić information content (AvgIpc) is 3.74. The number of morpholine rings is 1. The number of fused-ring (bicyclic) bond motifs is 4. The Bertz CT molecular complexity index is 2340. The van der Waals surface area contributed by atoms with Crippen LogP contribution < -0.4 is 19.5 Å². The zero-order valence-corrected chi connectivity index (χ0v) is 31.7. The van der Waals surface area contributed by atoms with Crippen LogP contribution in [0.15, 0.2) is 121 Å². The number of hydrogen-bond acceptors (Lipinski definition) is 9. The lowest BCUT2D eigenvalue weighted by atomic mass is 9.65. The lowest BCUT2D eigenvalue weighted by molar-refractivity contribution is -0.179. The van der Waals surface area contributed by atoms with Crippen molar-refractivity contribution >= 4 is 23.5 Å². The van der Waals surface area contributed by atoms with Gasteiger partial charge in [-0.3, -0.25) is 19.3 Å². The molecule has 0 aromatic heterocycles. The van der Waals surface area contributed by atoms with Crippen LogP contribution in [-0.2, 0) is 37.5 Å². The molecule has 0 radical (unpaired) electrons. The fourth-order valence-corrected chi connectivity index (χ4v) is 9.74. The molecule has 4 heterocycles. The molecule has 11 heteroatoms. The Hall–Kier alpha value is -6.17. The maximum absolute atomic E-state index is 15.8. The molecular weight excluding hydrogens is 723 g/mol. The van der Waals surface area contributed by atoms with E-state index >= 15 is 14.4 Å². The van der Waals surface area contributed by atoms with Crippen molar-refractivity contribution in [2.75, 3.05) is 39.3 Å². The van der Waals surface area contributed by atoms with E-state index in [1.165, 1.54) is 0 Å². The van der Waals surface area contributed by atoms with E-state index in [0.29, 0.717) is 47.0 Å². The average molecular weight is 766 g/mol. The number of esters is 1. The van der Waals surface area contributed by atoms with Crippen molar-refractivity contribution in [3.8, 4) is 17.2 Å². The Morgan fingerprint density at radius 1 is 0.807 bits per heavy atom.